The number of benzene rings is 2. The highest BCUT2D eigenvalue weighted by Crippen LogP contribution is 2.41. The van der Waals surface area contributed by atoms with Crippen LogP contribution in [0.5, 0.6) is 5.75 Å². The van der Waals surface area contributed by atoms with E-state index in [-0.39, 0.29) is 43.6 Å². The van der Waals surface area contributed by atoms with Gasteiger partial charge in [-0.15, -0.1) is 11.3 Å². The van der Waals surface area contributed by atoms with E-state index in [4.69, 9.17) is 19.2 Å². The van der Waals surface area contributed by atoms with Gasteiger partial charge in [0.05, 0.1) is 27.7 Å². The molecule has 2 aliphatic rings. The lowest BCUT2D eigenvalue weighted by atomic mass is 9.79. The van der Waals surface area contributed by atoms with Crippen LogP contribution in [-0.2, 0) is 27.5 Å². The first kappa shape index (κ1) is 19.5. The molecule has 2 atom stereocenters. The Morgan fingerprint density at radius 3 is 3.00 bits per heavy atom. The Labute approximate surface area is 177 Å². The molecule has 5 rings (SSSR count). The molecule has 2 heterocycles. The fourth-order valence-electron chi connectivity index (χ4n) is 4.38. The molecule has 0 spiro atoms. The van der Waals surface area contributed by atoms with Crippen molar-refractivity contribution in [1.82, 2.24) is 4.98 Å². The van der Waals surface area contributed by atoms with Crippen molar-refractivity contribution < 1.29 is 23.4 Å². The topological polar surface area (TPSA) is 57.7 Å². The van der Waals surface area contributed by atoms with Crippen molar-refractivity contribution in [1.29, 1.82) is 0 Å². The van der Waals surface area contributed by atoms with Crippen LogP contribution in [0.1, 0.15) is 47.7 Å². The van der Waals surface area contributed by atoms with Gasteiger partial charge in [0.2, 0.25) is 0 Å². The van der Waals surface area contributed by atoms with E-state index >= 15 is 0 Å². The summed E-state index contributed by atoms with van der Waals surface area (Å²) in [6.45, 7) is 0.389. The second kappa shape index (κ2) is 8.32. The Hall–Kier alpha value is -2.51. The molecule has 0 bridgehead atoms. The van der Waals surface area contributed by atoms with Gasteiger partial charge in [0.25, 0.3) is 0 Å². The number of rotatable bonds is 4. The maximum absolute atomic E-state index is 14.0. The predicted molar refractivity (Wildman–Crippen MR) is 111 cm³/mol. The Kier molecular flexibility index (Phi) is 5.39. The third-order valence-electron chi connectivity index (χ3n) is 5.82. The average Bonchev–Trinajstić information content (AvgIpc) is 3.21. The van der Waals surface area contributed by atoms with Gasteiger partial charge in [-0.3, -0.25) is 4.79 Å². The fourth-order valence-corrected chi connectivity index (χ4v) is 5.54. The van der Waals surface area contributed by atoms with Crippen LogP contribution in [0.15, 0.2) is 36.4 Å². The number of fused-ring (bicyclic) bond motifs is 2. The zero-order valence-electron chi connectivity index (χ0n) is 16.4. The summed E-state index contributed by atoms with van der Waals surface area (Å²) in [7, 11) is 0. The van der Waals surface area contributed by atoms with Crippen molar-refractivity contribution in [3.8, 4) is 5.75 Å². The highest BCUT2D eigenvalue weighted by Gasteiger charge is 2.35. The molecule has 1 fully saturated rings. The zero-order valence-corrected chi connectivity index (χ0v) is 17.3. The molecule has 5 nitrogen and oxygen atoms in total. The predicted octanol–water partition coefficient (Wildman–Crippen LogP) is 5.32. The second-order valence-electron chi connectivity index (χ2n) is 7.79. The van der Waals surface area contributed by atoms with Gasteiger partial charge in [0.1, 0.15) is 18.2 Å². The number of hydrogen-bond acceptors (Lipinski definition) is 6. The number of para-hydroxylation sites is 1. The molecule has 1 saturated carbocycles. The van der Waals surface area contributed by atoms with E-state index in [1.165, 1.54) is 12.1 Å². The molecule has 1 aliphatic heterocycles. The lowest BCUT2D eigenvalue weighted by molar-refractivity contribution is -0.151. The van der Waals surface area contributed by atoms with Gasteiger partial charge in [0.15, 0.2) is 6.79 Å². The first-order chi connectivity index (χ1) is 14.7. The van der Waals surface area contributed by atoms with Gasteiger partial charge in [-0.25, -0.2) is 9.37 Å². The Balaban J connectivity index is 1.34. The molecule has 0 saturated heterocycles. The van der Waals surface area contributed by atoms with Crippen molar-refractivity contribution in [2.75, 3.05) is 6.79 Å². The van der Waals surface area contributed by atoms with Gasteiger partial charge in [-0.05, 0) is 37.1 Å². The molecule has 0 amide bonds. The monoisotopic (exact) mass is 427 g/mol. The number of ether oxygens (including phenoxy) is 3. The van der Waals surface area contributed by atoms with Gasteiger partial charge < -0.3 is 14.2 Å². The summed E-state index contributed by atoms with van der Waals surface area (Å²) < 4.78 is 31.5. The van der Waals surface area contributed by atoms with E-state index in [1.54, 1.807) is 11.3 Å². The molecule has 0 radical (unpaired) electrons. The maximum atomic E-state index is 14.0. The number of thiazole rings is 1. The van der Waals surface area contributed by atoms with Gasteiger partial charge in [0, 0.05) is 17.0 Å². The maximum Gasteiger partial charge on any atom is 0.309 e. The minimum absolute atomic E-state index is 0.0119. The Morgan fingerprint density at radius 2 is 2.10 bits per heavy atom. The molecule has 30 heavy (non-hydrogen) atoms. The van der Waals surface area contributed by atoms with E-state index in [2.05, 4.69) is 6.07 Å². The van der Waals surface area contributed by atoms with Crippen molar-refractivity contribution in [2.24, 2.45) is 5.92 Å². The first-order valence-electron chi connectivity index (χ1n) is 10.2. The molecule has 2 aromatic carbocycles. The summed E-state index contributed by atoms with van der Waals surface area (Å²) >= 11 is 1.66. The molecule has 0 N–H and O–H groups in total. The van der Waals surface area contributed by atoms with Crippen LogP contribution >= 0.6 is 11.3 Å². The number of carbonyl (C=O) groups excluding carboxylic acids is 1. The van der Waals surface area contributed by atoms with E-state index < -0.39 is 0 Å². The highest BCUT2D eigenvalue weighted by atomic mass is 32.1. The third kappa shape index (κ3) is 3.79. The average molecular weight is 427 g/mol. The van der Waals surface area contributed by atoms with Crippen LogP contribution in [-0.4, -0.2) is 17.7 Å². The summed E-state index contributed by atoms with van der Waals surface area (Å²) in [6.07, 6.45) is 3.78. The minimum Gasteiger partial charge on any atom is -0.467 e. The van der Waals surface area contributed by atoms with Crippen molar-refractivity contribution in [3.05, 3.63) is 58.3 Å². The number of nitrogens with zero attached hydrogens (tertiary/aromatic N) is 1. The van der Waals surface area contributed by atoms with E-state index in [1.807, 2.05) is 18.2 Å². The Morgan fingerprint density at radius 1 is 1.23 bits per heavy atom. The fraction of sp³-hybridized carbons (Fsp3) is 0.391. The lowest BCUT2D eigenvalue weighted by Crippen LogP contribution is -2.27. The van der Waals surface area contributed by atoms with Crippen LogP contribution in [0.2, 0.25) is 0 Å². The molecule has 3 aromatic rings. The van der Waals surface area contributed by atoms with Crippen LogP contribution < -0.4 is 4.74 Å². The largest absolute Gasteiger partial charge is 0.467 e. The van der Waals surface area contributed by atoms with Gasteiger partial charge in [-0.2, -0.15) is 0 Å². The second-order valence-corrected chi connectivity index (χ2v) is 8.85. The summed E-state index contributed by atoms with van der Waals surface area (Å²) in [6, 6.07) is 10.8. The smallest absolute Gasteiger partial charge is 0.309 e. The minimum atomic E-state index is -0.390. The summed E-state index contributed by atoms with van der Waals surface area (Å²) in [5.41, 5.74) is 2.15. The molecular formula is C23H22FNO4S. The van der Waals surface area contributed by atoms with Crippen LogP contribution in [0.4, 0.5) is 4.39 Å². The number of carbonyl (C=O) groups is 1. The van der Waals surface area contributed by atoms with Crippen LogP contribution in [0.3, 0.4) is 0 Å². The summed E-state index contributed by atoms with van der Waals surface area (Å²) in [5, 5.41) is 1.00. The van der Waals surface area contributed by atoms with E-state index in [0.717, 1.165) is 40.9 Å². The van der Waals surface area contributed by atoms with Crippen molar-refractivity contribution >= 4 is 27.5 Å². The standard InChI is InChI=1S/C23H22FNO4S/c24-16-9-14-11-27-13-29-21(14)15(10-16)12-28-23(26)18-6-2-1-5-17(18)22-25-19-7-3-4-8-20(19)30-22/h3-4,7-10,17-18H,1-2,5-6,11-13H2/t17-,18-/m0/s1. The molecule has 0 unspecified atom stereocenters. The summed E-state index contributed by atoms with van der Waals surface area (Å²) in [4.78, 5) is 17.8. The number of esters is 1. The Bertz CT molecular complexity index is 1050. The van der Waals surface area contributed by atoms with Crippen LogP contribution in [0, 0.1) is 11.7 Å². The van der Waals surface area contributed by atoms with E-state index in [0.29, 0.717) is 16.9 Å². The number of hydrogen-bond donors (Lipinski definition) is 0. The quantitative estimate of drug-likeness (QED) is 0.528. The highest BCUT2D eigenvalue weighted by molar-refractivity contribution is 7.18. The van der Waals surface area contributed by atoms with Gasteiger partial charge >= 0.3 is 5.97 Å². The van der Waals surface area contributed by atoms with Crippen molar-refractivity contribution in [2.45, 2.75) is 44.8 Å². The first-order valence-corrected chi connectivity index (χ1v) is 11.0. The van der Waals surface area contributed by atoms with Crippen LogP contribution in [0.25, 0.3) is 10.2 Å². The van der Waals surface area contributed by atoms with E-state index in [9.17, 15) is 9.18 Å². The van der Waals surface area contributed by atoms with Gasteiger partial charge in [-0.1, -0.05) is 25.0 Å². The normalized spacial score (nSPS) is 21.1. The van der Waals surface area contributed by atoms with Crippen molar-refractivity contribution in [3.63, 3.8) is 0 Å². The summed E-state index contributed by atoms with van der Waals surface area (Å²) in [5.74, 6) is -0.243. The number of halogens is 1. The molecule has 156 valence electrons. The molecule has 1 aromatic heterocycles. The SMILES string of the molecule is O=C(OCc1cc(F)cc2c1OCOC2)[C@H]1CCCC[C@@H]1c1nc2ccccc2s1. The molecule has 1 aliphatic carbocycles. The number of aromatic nitrogens is 1. The molecule has 7 heteroatoms. The lowest BCUT2D eigenvalue weighted by Gasteiger charge is -2.28. The zero-order chi connectivity index (χ0) is 20.5. The third-order valence-corrected chi connectivity index (χ3v) is 6.99. The molecular weight excluding hydrogens is 405 g/mol.